The molecular weight excluding hydrogens is 210 g/mol. The molecule has 16 heavy (non-hydrogen) atoms. The monoisotopic (exact) mass is 225 g/mol. The third-order valence-electron chi connectivity index (χ3n) is 2.59. The normalized spacial score (nSPS) is 17.3. The van der Waals surface area contributed by atoms with Crippen LogP contribution in [0, 0.1) is 0 Å². The van der Waals surface area contributed by atoms with E-state index in [1.165, 1.54) is 6.26 Å². The average molecular weight is 225 g/mol. The SMILES string of the molecule is NNC(=O)c1ccoc1CN1CCOCC1. The Balaban J connectivity index is 2.03. The summed E-state index contributed by atoms with van der Waals surface area (Å²) in [6.45, 7) is 3.76. The van der Waals surface area contributed by atoms with Gasteiger partial charge in [-0.05, 0) is 6.07 Å². The maximum atomic E-state index is 11.4. The number of nitrogens with zero attached hydrogens (tertiary/aromatic N) is 1. The molecule has 0 aromatic carbocycles. The fourth-order valence-electron chi connectivity index (χ4n) is 1.71. The van der Waals surface area contributed by atoms with Gasteiger partial charge in [0.25, 0.3) is 5.91 Å². The van der Waals surface area contributed by atoms with Gasteiger partial charge in [0.05, 0.1) is 31.6 Å². The number of amides is 1. The molecule has 6 nitrogen and oxygen atoms in total. The Kier molecular flexibility index (Phi) is 3.55. The Hall–Kier alpha value is -1.37. The second kappa shape index (κ2) is 5.11. The topological polar surface area (TPSA) is 80.7 Å². The highest BCUT2D eigenvalue weighted by molar-refractivity contribution is 5.94. The van der Waals surface area contributed by atoms with Crippen molar-refractivity contribution in [1.29, 1.82) is 0 Å². The minimum atomic E-state index is -0.322. The van der Waals surface area contributed by atoms with Gasteiger partial charge in [-0.3, -0.25) is 15.1 Å². The molecule has 1 aromatic rings. The fraction of sp³-hybridized carbons (Fsp3) is 0.500. The van der Waals surface area contributed by atoms with Gasteiger partial charge in [-0.2, -0.15) is 0 Å². The zero-order chi connectivity index (χ0) is 11.4. The van der Waals surface area contributed by atoms with E-state index >= 15 is 0 Å². The van der Waals surface area contributed by atoms with Gasteiger partial charge >= 0.3 is 0 Å². The molecule has 88 valence electrons. The molecule has 0 radical (unpaired) electrons. The fourth-order valence-corrected chi connectivity index (χ4v) is 1.71. The van der Waals surface area contributed by atoms with Gasteiger partial charge in [0.1, 0.15) is 5.76 Å². The van der Waals surface area contributed by atoms with E-state index in [1.807, 2.05) is 0 Å². The largest absolute Gasteiger partial charge is 0.467 e. The maximum absolute atomic E-state index is 11.4. The Bertz CT molecular complexity index is 358. The van der Waals surface area contributed by atoms with E-state index in [2.05, 4.69) is 10.3 Å². The number of furan rings is 1. The van der Waals surface area contributed by atoms with Crippen LogP contribution in [0.1, 0.15) is 16.1 Å². The molecule has 2 heterocycles. The molecule has 1 amide bonds. The Morgan fingerprint density at radius 3 is 2.94 bits per heavy atom. The van der Waals surface area contributed by atoms with E-state index in [0.717, 1.165) is 26.3 Å². The van der Waals surface area contributed by atoms with E-state index in [-0.39, 0.29) is 5.91 Å². The lowest BCUT2D eigenvalue weighted by molar-refractivity contribution is 0.0312. The molecule has 0 atom stereocenters. The summed E-state index contributed by atoms with van der Waals surface area (Å²) < 4.78 is 10.5. The van der Waals surface area contributed by atoms with Crippen LogP contribution in [-0.4, -0.2) is 37.1 Å². The average Bonchev–Trinajstić information content (AvgIpc) is 2.77. The summed E-state index contributed by atoms with van der Waals surface area (Å²) in [4.78, 5) is 13.6. The van der Waals surface area contributed by atoms with Crippen molar-refractivity contribution in [2.45, 2.75) is 6.54 Å². The van der Waals surface area contributed by atoms with E-state index in [9.17, 15) is 4.79 Å². The smallest absolute Gasteiger partial charge is 0.268 e. The summed E-state index contributed by atoms with van der Waals surface area (Å²) in [6.07, 6.45) is 1.50. The number of nitrogens with two attached hydrogens (primary N) is 1. The van der Waals surface area contributed by atoms with Gasteiger partial charge < -0.3 is 9.15 Å². The zero-order valence-electron chi connectivity index (χ0n) is 8.94. The molecule has 1 aromatic heterocycles. The standard InChI is InChI=1S/C10H15N3O3/c11-12-10(14)8-1-4-16-9(8)7-13-2-5-15-6-3-13/h1,4H,2-3,5-7,11H2,(H,12,14). The molecule has 1 aliphatic heterocycles. The third-order valence-corrected chi connectivity index (χ3v) is 2.59. The number of nitrogen functional groups attached to an aromatic ring is 1. The molecule has 2 rings (SSSR count). The first-order valence-electron chi connectivity index (χ1n) is 5.18. The van der Waals surface area contributed by atoms with Crippen molar-refractivity contribution >= 4 is 5.91 Å². The second-order valence-corrected chi connectivity index (χ2v) is 3.62. The minimum Gasteiger partial charge on any atom is -0.467 e. The quantitative estimate of drug-likeness (QED) is 0.420. The highest BCUT2D eigenvalue weighted by Gasteiger charge is 2.18. The first kappa shape index (κ1) is 11.1. The summed E-state index contributed by atoms with van der Waals surface area (Å²) in [5, 5.41) is 0. The summed E-state index contributed by atoms with van der Waals surface area (Å²) in [5.41, 5.74) is 2.60. The van der Waals surface area contributed by atoms with E-state index < -0.39 is 0 Å². The number of nitrogens with one attached hydrogen (secondary N) is 1. The molecule has 0 saturated carbocycles. The summed E-state index contributed by atoms with van der Waals surface area (Å²) in [7, 11) is 0. The lowest BCUT2D eigenvalue weighted by atomic mass is 10.2. The minimum absolute atomic E-state index is 0.322. The molecule has 1 saturated heterocycles. The van der Waals surface area contributed by atoms with Crippen molar-refractivity contribution in [3.8, 4) is 0 Å². The third kappa shape index (κ3) is 2.41. The van der Waals surface area contributed by atoms with Crippen molar-refractivity contribution in [2.75, 3.05) is 26.3 Å². The van der Waals surface area contributed by atoms with Gasteiger partial charge in [0.2, 0.25) is 0 Å². The summed E-state index contributed by atoms with van der Waals surface area (Å²) in [5.74, 6) is 5.41. The lowest BCUT2D eigenvalue weighted by Crippen LogP contribution is -2.36. The molecular formula is C10H15N3O3. The van der Waals surface area contributed by atoms with Crippen LogP contribution in [0.4, 0.5) is 0 Å². The van der Waals surface area contributed by atoms with Crippen LogP contribution >= 0.6 is 0 Å². The van der Waals surface area contributed by atoms with Gasteiger partial charge in [0.15, 0.2) is 0 Å². The predicted molar refractivity (Wildman–Crippen MR) is 56.5 cm³/mol. The Morgan fingerprint density at radius 1 is 1.50 bits per heavy atom. The van der Waals surface area contributed by atoms with Crippen LogP contribution in [0.15, 0.2) is 16.7 Å². The van der Waals surface area contributed by atoms with Crippen LogP contribution in [0.25, 0.3) is 0 Å². The number of carbonyl (C=O) groups is 1. The van der Waals surface area contributed by atoms with Gasteiger partial charge in [-0.15, -0.1) is 0 Å². The molecule has 0 spiro atoms. The molecule has 1 aliphatic rings. The predicted octanol–water partition coefficient (Wildman–Crippen LogP) is -0.285. The molecule has 0 unspecified atom stereocenters. The van der Waals surface area contributed by atoms with Crippen molar-refractivity contribution < 1.29 is 13.9 Å². The van der Waals surface area contributed by atoms with Gasteiger partial charge in [0, 0.05) is 13.1 Å². The molecule has 1 fully saturated rings. The van der Waals surface area contributed by atoms with Crippen LogP contribution < -0.4 is 11.3 Å². The number of ether oxygens (including phenoxy) is 1. The zero-order valence-corrected chi connectivity index (χ0v) is 8.94. The van der Waals surface area contributed by atoms with Crippen molar-refractivity contribution in [2.24, 2.45) is 5.84 Å². The second-order valence-electron chi connectivity index (χ2n) is 3.62. The van der Waals surface area contributed by atoms with Gasteiger partial charge in [-0.25, -0.2) is 5.84 Å². The molecule has 0 aliphatic carbocycles. The number of hydrogen-bond acceptors (Lipinski definition) is 5. The van der Waals surface area contributed by atoms with E-state index in [4.69, 9.17) is 15.0 Å². The van der Waals surface area contributed by atoms with Crippen LogP contribution in [-0.2, 0) is 11.3 Å². The highest BCUT2D eigenvalue weighted by atomic mass is 16.5. The number of hydrazine groups is 1. The number of morpholine rings is 1. The number of hydrogen-bond donors (Lipinski definition) is 2. The van der Waals surface area contributed by atoms with Crippen LogP contribution in [0.3, 0.4) is 0 Å². The first-order chi connectivity index (χ1) is 7.81. The Morgan fingerprint density at radius 2 is 2.25 bits per heavy atom. The number of rotatable bonds is 3. The molecule has 6 heteroatoms. The van der Waals surface area contributed by atoms with Crippen molar-refractivity contribution in [3.05, 3.63) is 23.7 Å². The Labute approximate surface area is 93.3 Å². The lowest BCUT2D eigenvalue weighted by Gasteiger charge is -2.25. The molecule has 0 bridgehead atoms. The summed E-state index contributed by atoms with van der Waals surface area (Å²) >= 11 is 0. The first-order valence-corrected chi connectivity index (χ1v) is 5.18. The van der Waals surface area contributed by atoms with Crippen LogP contribution in [0.2, 0.25) is 0 Å². The van der Waals surface area contributed by atoms with Crippen LogP contribution in [0.5, 0.6) is 0 Å². The number of carbonyl (C=O) groups excluding carboxylic acids is 1. The van der Waals surface area contributed by atoms with Crippen molar-refractivity contribution in [3.63, 3.8) is 0 Å². The van der Waals surface area contributed by atoms with E-state index in [1.54, 1.807) is 6.07 Å². The van der Waals surface area contributed by atoms with Gasteiger partial charge in [-0.1, -0.05) is 0 Å². The molecule has 3 N–H and O–H groups in total. The summed E-state index contributed by atoms with van der Waals surface area (Å²) in [6, 6.07) is 1.62. The highest BCUT2D eigenvalue weighted by Crippen LogP contribution is 2.14. The van der Waals surface area contributed by atoms with Crippen molar-refractivity contribution in [1.82, 2.24) is 10.3 Å². The van der Waals surface area contributed by atoms with E-state index in [0.29, 0.717) is 17.9 Å². The maximum Gasteiger partial charge on any atom is 0.268 e.